The number of aryl methyl sites for hydroxylation is 1. The van der Waals surface area contributed by atoms with Crippen molar-refractivity contribution in [1.82, 2.24) is 14.8 Å². The SMILES string of the molecule is Cn1nc(-c2ccc(OCc3ccccc3)nc2OCc2ccccc2)c2ccccc21. The van der Waals surface area contributed by atoms with Gasteiger partial charge in [0.15, 0.2) is 0 Å². The first-order valence-electron chi connectivity index (χ1n) is 10.5. The summed E-state index contributed by atoms with van der Waals surface area (Å²) in [6, 6.07) is 32.1. The molecule has 5 heteroatoms. The lowest BCUT2D eigenvalue weighted by atomic mass is 10.1. The molecule has 2 heterocycles. The van der Waals surface area contributed by atoms with Gasteiger partial charge in [-0.3, -0.25) is 4.68 Å². The van der Waals surface area contributed by atoms with Gasteiger partial charge in [-0.15, -0.1) is 0 Å². The molecule has 3 aromatic carbocycles. The van der Waals surface area contributed by atoms with Gasteiger partial charge in [-0.25, -0.2) is 0 Å². The zero-order valence-corrected chi connectivity index (χ0v) is 17.8. The molecule has 0 amide bonds. The van der Waals surface area contributed by atoms with Crippen LogP contribution in [0.4, 0.5) is 0 Å². The van der Waals surface area contributed by atoms with E-state index in [4.69, 9.17) is 19.6 Å². The van der Waals surface area contributed by atoms with Gasteiger partial charge in [-0.1, -0.05) is 78.9 Å². The van der Waals surface area contributed by atoms with Crippen LogP contribution >= 0.6 is 0 Å². The lowest BCUT2D eigenvalue weighted by Crippen LogP contribution is -2.02. The highest BCUT2D eigenvalue weighted by Crippen LogP contribution is 2.35. The summed E-state index contributed by atoms with van der Waals surface area (Å²) in [5.74, 6) is 1.02. The molecule has 2 aromatic heterocycles. The van der Waals surface area contributed by atoms with Crippen LogP contribution in [0.2, 0.25) is 0 Å². The van der Waals surface area contributed by atoms with Crippen LogP contribution in [-0.2, 0) is 20.3 Å². The van der Waals surface area contributed by atoms with Gasteiger partial charge in [0, 0.05) is 18.5 Å². The summed E-state index contributed by atoms with van der Waals surface area (Å²) in [4.78, 5) is 4.70. The summed E-state index contributed by atoms with van der Waals surface area (Å²) < 4.78 is 14.0. The lowest BCUT2D eigenvalue weighted by Gasteiger charge is -2.12. The Kier molecular flexibility index (Phi) is 5.54. The second-order valence-electron chi connectivity index (χ2n) is 7.54. The largest absolute Gasteiger partial charge is 0.473 e. The summed E-state index contributed by atoms with van der Waals surface area (Å²) in [5, 5.41) is 5.81. The predicted octanol–water partition coefficient (Wildman–Crippen LogP) is 5.79. The third-order valence-electron chi connectivity index (χ3n) is 5.30. The van der Waals surface area contributed by atoms with Crippen LogP contribution in [0.3, 0.4) is 0 Å². The van der Waals surface area contributed by atoms with Crippen LogP contribution in [0.25, 0.3) is 22.2 Å². The summed E-state index contributed by atoms with van der Waals surface area (Å²) in [6.07, 6.45) is 0. The highest BCUT2D eigenvalue weighted by Gasteiger charge is 2.17. The molecular weight excluding hydrogens is 398 g/mol. The average molecular weight is 422 g/mol. The minimum Gasteiger partial charge on any atom is -0.473 e. The summed E-state index contributed by atoms with van der Waals surface area (Å²) in [6.45, 7) is 0.853. The van der Waals surface area contributed by atoms with Gasteiger partial charge < -0.3 is 9.47 Å². The van der Waals surface area contributed by atoms with Crippen LogP contribution in [-0.4, -0.2) is 14.8 Å². The maximum atomic E-state index is 6.19. The van der Waals surface area contributed by atoms with Crippen LogP contribution in [0, 0.1) is 0 Å². The maximum Gasteiger partial charge on any atom is 0.226 e. The molecule has 0 aliphatic carbocycles. The van der Waals surface area contributed by atoms with E-state index in [0.29, 0.717) is 25.0 Å². The van der Waals surface area contributed by atoms with Gasteiger partial charge in [0.2, 0.25) is 11.8 Å². The number of para-hydroxylation sites is 1. The second-order valence-corrected chi connectivity index (χ2v) is 7.54. The van der Waals surface area contributed by atoms with Crippen molar-refractivity contribution in [1.29, 1.82) is 0 Å². The predicted molar refractivity (Wildman–Crippen MR) is 125 cm³/mol. The molecule has 158 valence electrons. The molecule has 0 N–H and O–H groups in total. The fourth-order valence-electron chi connectivity index (χ4n) is 3.66. The van der Waals surface area contributed by atoms with E-state index < -0.39 is 0 Å². The first-order chi connectivity index (χ1) is 15.8. The van der Waals surface area contributed by atoms with E-state index in [1.165, 1.54) is 0 Å². The van der Waals surface area contributed by atoms with E-state index in [-0.39, 0.29) is 0 Å². The Morgan fingerprint density at radius 3 is 2.03 bits per heavy atom. The maximum absolute atomic E-state index is 6.19. The summed E-state index contributed by atoms with van der Waals surface area (Å²) >= 11 is 0. The third-order valence-corrected chi connectivity index (χ3v) is 5.30. The van der Waals surface area contributed by atoms with Crippen molar-refractivity contribution in [2.24, 2.45) is 7.05 Å². The number of benzene rings is 3. The first-order valence-corrected chi connectivity index (χ1v) is 10.5. The number of ether oxygens (including phenoxy) is 2. The molecule has 5 nitrogen and oxygen atoms in total. The molecule has 0 bridgehead atoms. The van der Waals surface area contributed by atoms with Gasteiger partial charge in [0.1, 0.15) is 18.9 Å². The Morgan fingerprint density at radius 2 is 1.31 bits per heavy atom. The van der Waals surface area contributed by atoms with Gasteiger partial charge >= 0.3 is 0 Å². The van der Waals surface area contributed by atoms with Crippen molar-refractivity contribution in [3.63, 3.8) is 0 Å². The molecule has 0 atom stereocenters. The molecule has 5 aromatic rings. The molecular formula is C27H23N3O2. The number of pyridine rings is 1. The van der Waals surface area contributed by atoms with E-state index in [1.54, 1.807) is 0 Å². The number of hydrogen-bond acceptors (Lipinski definition) is 4. The summed E-state index contributed by atoms with van der Waals surface area (Å²) in [5.41, 5.74) is 4.89. The molecule has 0 radical (unpaired) electrons. The molecule has 0 aliphatic heterocycles. The van der Waals surface area contributed by atoms with Crippen molar-refractivity contribution in [2.45, 2.75) is 13.2 Å². The number of rotatable bonds is 7. The number of fused-ring (bicyclic) bond motifs is 1. The van der Waals surface area contributed by atoms with E-state index in [1.807, 2.05) is 96.7 Å². The van der Waals surface area contributed by atoms with Crippen molar-refractivity contribution in [3.05, 3.63) is 108 Å². The van der Waals surface area contributed by atoms with Crippen LogP contribution in [0.15, 0.2) is 97.1 Å². The monoisotopic (exact) mass is 421 g/mol. The highest BCUT2D eigenvalue weighted by molar-refractivity contribution is 5.94. The second kappa shape index (κ2) is 8.94. The first kappa shape index (κ1) is 19.8. The Morgan fingerprint density at radius 1 is 0.688 bits per heavy atom. The van der Waals surface area contributed by atoms with Crippen molar-refractivity contribution >= 4 is 10.9 Å². The molecule has 32 heavy (non-hydrogen) atoms. The highest BCUT2D eigenvalue weighted by atomic mass is 16.5. The molecule has 0 saturated heterocycles. The van der Waals surface area contributed by atoms with Crippen LogP contribution < -0.4 is 9.47 Å². The fraction of sp³-hybridized carbons (Fsp3) is 0.111. The Hall–Kier alpha value is -4.12. The van der Waals surface area contributed by atoms with E-state index in [2.05, 4.69) is 12.1 Å². The minimum absolute atomic E-state index is 0.410. The molecule has 0 aliphatic rings. The van der Waals surface area contributed by atoms with Gasteiger partial charge in [-0.2, -0.15) is 10.1 Å². The zero-order valence-electron chi connectivity index (χ0n) is 17.8. The standard InChI is InChI=1S/C27H23N3O2/c1-30-24-15-9-8-14-22(24)26(29-30)23-16-17-25(31-18-20-10-4-2-5-11-20)28-27(23)32-19-21-12-6-3-7-13-21/h2-17H,18-19H2,1H3. The zero-order chi connectivity index (χ0) is 21.8. The van der Waals surface area contributed by atoms with E-state index in [9.17, 15) is 0 Å². The van der Waals surface area contributed by atoms with Gasteiger partial charge in [0.25, 0.3) is 0 Å². The van der Waals surface area contributed by atoms with Gasteiger partial charge in [-0.05, 0) is 23.3 Å². The van der Waals surface area contributed by atoms with Gasteiger partial charge in [0.05, 0.1) is 11.1 Å². The normalized spacial score (nSPS) is 10.9. The minimum atomic E-state index is 0.410. The topological polar surface area (TPSA) is 49.2 Å². The lowest BCUT2D eigenvalue weighted by molar-refractivity contribution is 0.268. The summed E-state index contributed by atoms with van der Waals surface area (Å²) in [7, 11) is 1.95. The molecule has 0 fully saturated rings. The Bertz CT molecular complexity index is 1330. The molecule has 0 saturated carbocycles. The van der Waals surface area contributed by atoms with E-state index >= 15 is 0 Å². The van der Waals surface area contributed by atoms with Crippen LogP contribution in [0.5, 0.6) is 11.8 Å². The smallest absolute Gasteiger partial charge is 0.226 e. The molecule has 5 rings (SSSR count). The average Bonchev–Trinajstić information content (AvgIpc) is 3.19. The van der Waals surface area contributed by atoms with Crippen molar-refractivity contribution in [2.75, 3.05) is 0 Å². The third kappa shape index (κ3) is 4.18. The van der Waals surface area contributed by atoms with Crippen LogP contribution in [0.1, 0.15) is 11.1 Å². The number of hydrogen-bond donors (Lipinski definition) is 0. The Balaban J connectivity index is 1.49. The van der Waals surface area contributed by atoms with Crippen molar-refractivity contribution in [3.8, 4) is 23.0 Å². The van der Waals surface area contributed by atoms with E-state index in [0.717, 1.165) is 33.3 Å². The Labute approximate surface area is 186 Å². The number of nitrogens with zero attached hydrogens (tertiary/aromatic N) is 3. The molecule has 0 unspecified atom stereocenters. The molecule has 0 spiro atoms. The number of aromatic nitrogens is 3. The fourth-order valence-corrected chi connectivity index (χ4v) is 3.66. The quantitative estimate of drug-likeness (QED) is 0.334. The van der Waals surface area contributed by atoms with Crippen molar-refractivity contribution < 1.29 is 9.47 Å².